The van der Waals surface area contributed by atoms with Gasteiger partial charge in [-0.2, -0.15) is 0 Å². The Balaban J connectivity index is 1.32. The van der Waals surface area contributed by atoms with Gasteiger partial charge >= 0.3 is 6.03 Å². The van der Waals surface area contributed by atoms with Gasteiger partial charge in [0, 0.05) is 19.6 Å². The van der Waals surface area contributed by atoms with Crippen LogP contribution in [0.3, 0.4) is 0 Å². The van der Waals surface area contributed by atoms with Crippen molar-refractivity contribution in [1.29, 1.82) is 0 Å². The van der Waals surface area contributed by atoms with Crippen LogP contribution in [0.2, 0.25) is 0 Å². The number of fused-ring (bicyclic) bond motifs is 1. The molecule has 2 saturated heterocycles. The van der Waals surface area contributed by atoms with Gasteiger partial charge in [0.1, 0.15) is 5.54 Å². The zero-order valence-electron chi connectivity index (χ0n) is 16.8. The van der Waals surface area contributed by atoms with Crippen molar-refractivity contribution in [2.24, 2.45) is 0 Å². The standard InChI is InChI=1S/C24H25N3O3/c28-21(20-11-10-18-8-4-5-9-19(18)20)26-14-12-24(13-15-26)22(29)25-23(30)27(24)16-17-6-2-1-3-7-17/h1-9,20H,10-16H2,(H,25,29,30). The van der Waals surface area contributed by atoms with Gasteiger partial charge in [0.15, 0.2) is 0 Å². The smallest absolute Gasteiger partial charge is 0.325 e. The molecule has 0 saturated carbocycles. The van der Waals surface area contributed by atoms with Crippen molar-refractivity contribution in [2.45, 2.75) is 43.7 Å². The lowest BCUT2D eigenvalue weighted by molar-refractivity contribution is -0.139. The lowest BCUT2D eigenvalue weighted by Crippen LogP contribution is -2.57. The Morgan fingerprint density at radius 1 is 1.00 bits per heavy atom. The maximum atomic E-state index is 13.2. The number of urea groups is 1. The number of likely N-dealkylation sites (tertiary alicyclic amines) is 1. The van der Waals surface area contributed by atoms with E-state index in [1.165, 1.54) is 5.56 Å². The molecule has 1 atom stereocenters. The topological polar surface area (TPSA) is 69.7 Å². The highest BCUT2D eigenvalue weighted by atomic mass is 16.2. The molecule has 4 amide bonds. The van der Waals surface area contributed by atoms with Crippen LogP contribution < -0.4 is 5.32 Å². The molecule has 30 heavy (non-hydrogen) atoms. The minimum absolute atomic E-state index is 0.0882. The van der Waals surface area contributed by atoms with Crippen LogP contribution in [0.5, 0.6) is 0 Å². The van der Waals surface area contributed by atoms with Crippen LogP contribution in [0.15, 0.2) is 54.6 Å². The van der Waals surface area contributed by atoms with Crippen LogP contribution in [0.25, 0.3) is 0 Å². The molecular weight excluding hydrogens is 378 g/mol. The SMILES string of the molecule is O=C(C1CCc2ccccc21)N1CCC2(CC1)C(=O)NC(=O)N2Cc1ccccc1. The fraction of sp³-hybridized carbons (Fsp3) is 0.375. The molecule has 1 unspecified atom stereocenters. The molecule has 3 aliphatic rings. The third-order valence-corrected chi connectivity index (χ3v) is 6.92. The molecule has 154 valence electrons. The van der Waals surface area contributed by atoms with E-state index in [0.717, 1.165) is 24.0 Å². The zero-order valence-corrected chi connectivity index (χ0v) is 16.8. The summed E-state index contributed by atoms with van der Waals surface area (Å²) in [5, 5.41) is 2.50. The minimum atomic E-state index is -0.864. The number of carbonyl (C=O) groups is 3. The van der Waals surface area contributed by atoms with Crippen LogP contribution >= 0.6 is 0 Å². The van der Waals surface area contributed by atoms with Crippen LogP contribution in [-0.4, -0.2) is 46.3 Å². The van der Waals surface area contributed by atoms with Crippen molar-refractivity contribution in [3.63, 3.8) is 0 Å². The summed E-state index contributed by atoms with van der Waals surface area (Å²) in [6, 6.07) is 17.5. The number of carbonyl (C=O) groups excluding carboxylic acids is 3. The predicted octanol–water partition coefficient (Wildman–Crippen LogP) is 2.83. The molecule has 6 nitrogen and oxygen atoms in total. The summed E-state index contributed by atoms with van der Waals surface area (Å²) in [5.41, 5.74) is 2.53. The molecule has 6 heteroatoms. The summed E-state index contributed by atoms with van der Waals surface area (Å²) in [6.45, 7) is 1.37. The van der Waals surface area contributed by atoms with E-state index in [9.17, 15) is 14.4 Å². The molecule has 0 aromatic heterocycles. The number of aryl methyl sites for hydroxylation is 1. The molecule has 2 aliphatic heterocycles. The summed E-state index contributed by atoms with van der Waals surface area (Å²) >= 11 is 0. The molecule has 1 N–H and O–H groups in total. The van der Waals surface area contributed by atoms with Gasteiger partial charge in [-0.3, -0.25) is 14.9 Å². The molecular formula is C24H25N3O3. The summed E-state index contributed by atoms with van der Waals surface area (Å²) in [5.74, 6) is -0.175. The number of benzene rings is 2. The number of hydrogen-bond donors (Lipinski definition) is 1. The number of nitrogens with one attached hydrogen (secondary N) is 1. The van der Waals surface area contributed by atoms with Gasteiger partial charge in [0.05, 0.1) is 5.92 Å². The Hall–Kier alpha value is -3.15. The normalized spacial score (nSPS) is 22.3. The average Bonchev–Trinajstić information content (AvgIpc) is 3.30. The van der Waals surface area contributed by atoms with Crippen LogP contribution in [0, 0.1) is 0 Å². The molecule has 2 heterocycles. The van der Waals surface area contributed by atoms with Gasteiger partial charge in [-0.15, -0.1) is 0 Å². The minimum Gasteiger partial charge on any atom is -0.342 e. The van der Waals surface area contributed by atoms with Gasteiger partial charge in [-0.05, 0) is 42.4 Å². The molecule has 1 spiro atoms. The first kappa shape index (κ1) is 18.9. The Morgan fingerprint density at radius 3 is 2.47 bits per heavy atom. The number of nitrogens with zero attached hydrogens (tertiary/aromatic N) is 2. The number of imide groups is 1. The summed E-state index contributed by atoms with van der Waals surface area (Å²) in [4.78, 5) is 42.1. The van der Waals surface area contributed by atoms with Crippen molar-refractivity contribution in [2.75, 3.05) is 13.1 Å². The number of rotatable bonds is 3. The second-order valence-electron chi connectivity index (χ2n) is 8.48. The van der Waals surface area contributed by atoms with E-state index in [1.807, 2.05) is 47.4 Å². The number of hydrogen-bond acceptors (Lipinski definition) is 3. The van der Waals surface area contributed by atoms with Crippen molar-refractivity contribution in [3.05, 3.63) is 71.3 Å². The lowest BCUT2D eigenvalue weighted by Gasteiger charge is -2.42. The van der Waals surface area contributed by atoms with Crippen LogP contribution in [0.4, 0.5) is 4.79 Å². The fourth-order valence-corrected chi connectivity index (χ4v) is 5.22. The van der Waals surface area contributed by atoms with Gasteiger partial charge in [-0.25, -0.2) is 4.79 Å². The first-order chi connectivity index (χ1) is 14.6. The van der Waals surface area contributed by atoms with Gasteiger partial charge in [-0.1, -0.05) is 54.6 Å². The maximum Gasteiger partial charge on any atom is 0.325 e. The second kappa shape index (κ2) is 7.27. The van der Waals surface area contributed by atoms with Crippen molar-refractivity contribution in [1.82, 2.24) is 15.1 Å². The molecule has 2 aromatic rings. The molecule has 2 aromatic carbocycles. The molecule has 5 rings (SSSR count). The van der Waals surface area contributed by atoms with Crippen molar-refractivity contribution >= 4 is 17.8 Å². The first-order valence-corrected chi connectivity index (χ1v) is 10.6. The van der Waals surface area contributed by atoms with E-state index in [0.29, 0.717) is 32.5 Å². The number of amides is 4. The van der Waals surface area contributed by atoms with Gasteiger partial charge < -0.3 is 9.80 Å². The third kappa shape index (κ3) is 2.98. The molecule has 2 fully saturated rings. The Bertz CT molecular complexity index is 996. The van der Waals surface area contributed by atoms with Crippen LogP contribution in [0.1, 0.15) is 41.9 Å². The van der Waals surface area contributed by atoms with E-state index in [1.54, 1.807) is 4.90 Å². The average molecular weight is 403 g/mol. The fourth-order valence-electron chi connectivity index (χ4n) is 5.22. The first-order valence-electron chi connectivity index (χ1n) is 10.6. The van der Waals surface area contributed by atoms with E-state index in [4.69, 9.17) is 0 Å². The summed E-state index contributed by atoms with van der Waals surface area (Å²) in [7, 11) is 0. The molecule has 0 radical (unpaired) electrons. The monoisotopic (exact) mass is 403 g/mol. The number of piperidine rings is 1. The van der Waals surface area contributed by atoms with Gasteiger partial charge in [0.2, 0.25) is 5.91 Å². The Morgan fingerprint density at radius 2 is 1.70 bits per heavy atom. The van der Waals surface area contributed by atoms with Gasteiger partial charge in [0.25, 0.3) is 5.91 Å². The quantitative estimate of drug-likeness (QED) is 0.802. The summed E-state index contributed by atoms with van der Waals surface area (Å²) < 4.78 is 0. The highest BCUT2D eigenvalue weighted by Gasteiger charge is 2.54. The largest absolute Gasteiger partial charge is 0.342 e. The second-order valence-corrected chi connectivity index (χ2v) is 8.48. The third-order valence-electron chi connectivity index (χ3n) is 6.92. The van der Waals surface area contributed by atoms with E-state index >= 15 is 0 Å². The Kier molecular flexibility index (Phi) is 4.57. The predicted molar refractivity (Wildman–Crippen MR) is 112 cm³/mol. The van der Waals surface area contributed by atoms with Crippen molar-refractivity contribution < 1.29 is 14.4 Å². The molecule has 0 bridgehead atoms. The maximum absolute atomic E-state index is 13.2. The molecule has 1 aliphatic carbocycles. The highest BCUT2D eigenvalue weighted by Crippen LogP contribution is 2.38. The lowest BCUT2D eigenvalue weighted by atomic mass is 9.85. The summed E-state index contributed by atoms with van der Waals surface area (Å²) in [6.07, 6.45) is 2.72. The van der Waals surface area contributed by atoms with E-state index in [2.05, 4.69) is 17.4 Å². The highest BCUT2D eigenvalue weighted by molar-refractivity contribution is 6.07. The van der Waals surface area contributed by atoms with E-state index in [-0.39, 0.29) is 23.8 Å². The van der Waals surface area contributed by atoms with Crippen LogP contribution in [-0.2, 0) is 22.6 Å². The van der Waals surface area contributed by atoms with E-state index < -0.39 is 5.54 Å². The zero-order chi connectivity index (χ0) is 20.7. The van der Waals surface area contributed by atoms with Crippen molar-refractivity contribution in [3.8, 4) is 0 Å². The Labute approximate surface area is 175 Å².